The van der Waals surface area contributed by atoms with Gasteiger partial charge < -0.3 is 109 Å². The van der Waals surface area contributed by atoms with Gasteiger partial charge in [0.25, 0.3) is 0 Å². The SMILES string of the molecule is COC(=O)CCCCCO[C@H]1O[C@H](CO[C@@H]2O[C@H](CO)[C@@H](O)[C@H](O)[C@H]2NC(C)=O)[C@H](O)[C@H](O[C@@H]2O[C@H](CO)[C@H](O[C@H]3O[C@H](CO)[C@H](O)[C@H](O)[C@H]3O)[C@H](O)[C@H]2O)[C@H]1NC(C)=O. The zero-order valence-corrected chi connectivity index (χ0v) is 33.2. The molecule has 0 radical (unpaired) electrons. The number of nitrogens with one attached hydrogen (secondary N) is 2. The average Bonchev–Trinajstić information content (AvgIpc) is 3.21. The number of aliphatic hydroxyl groups is 11. The van der Waals surface area contributed by atoms with Gasteiger partial charge in [0.15, 0.2) is 25.2 Å². The summed E-state index contributed by atoms with van der Waals surface area (Å²) in [5.41, 5.74) is 0. The summed E-state index contributed by atoms with van der Waals surface area (Å²) >= 11 is 0. The van der Waals surface area contributed by atoms with Crippen molar-refractivity contribution in [2.45, 2.75) is 162 Å². The normalized spacial score (nSPS) is 42.3. The maximum Gasteiger partial charge on any atom is 0.305 e. The molecule has 348 valence electrons. The molecule has 13 N–H and O–H groups in total. The smallest absolute Gasteiger partial charge is 0.305 e. The van der Waals surface area contributed by atoms with Gasteiger partial charge >= 0.3 is 5.97 Å². The molecular formula is C35H60N2O23. The van der Waals surface area contributed by atoms with Gasteiger partial charge in [-0.2, -0.15) is 0 Å². The molecule has 25 heteroatoms. The van der Waals surface area contributed by atoms with Crippen molar-refractivity contribution in [3.05, 3.63) is 0 Å². The van der Waals surface area contributed by atoms with Crippen molar-refractivity contribution >= 4 is 17.8 Å². The Morgan fingerprint density at radius 3 is 1.60 bits per heavy atom. The third-order valence-electron chi connectivity index (χ3n) is 10.5. The number of esters is 1. The van der Waals surface area contributed by atoms with E-state index in [1.165, 1.54) is 7.11 Å². The van der Waals surface area contributed by atoms with Crippen LogP contribution in [0.15, 0.2) is 0 Å². The van der Waals surface area contributed by atoms with Gasteiger partial charge in [-0.05, 0) is 12.8 Å². The monoisotopic (exact) mass is 876 g/mol. The number of hydrogen-bond acceptors (Lipinski definition) is 23. The van der Waals surface area contributed by atoms with E-state index in [1.807, 2.05) is 0 Å². The van der Waals surface area contributed by atoms with E-state index >= 15 is 0 Å². The summed E-state index contributed by atoms with van der Waals surface area (Å²) in [7, 11) is 1.26. The predicted molar refractivity (Wildman–Crippen MR) is 191 cm³/mol. The molecule has 0 aliphatic carbocycles. The highest BCUT2D eigenvalue weighted by molar-refractivity contribution is 5.73. The van der Waals surface area contributed by atoms with E-state index in [4.69, 9.17) is 37.9 Å². The van der Waals surface area contributed by atoms with Gasteiger partial charge in [-0.1, -0.05) is 6.42 Å². The lowest BCUT2D eigenvalue weighted by molar-refractivity contribution is -0.374. The number of aliphatic hydroxyl groups excluding tert-OH is 11. The van der Waals surface area contributed by atoms with Crippen molar-refractivity contribution in [3.63, 3.8) is 0 Å². The quantitative estimate of drug-likeness (QED) is 0.0423. The summed E-state index contributed by atoms with van der Waals surface area (Å²) in [4.78, 5) is 36.0. The first kappa shape index (κ1) is 50.3. The van der Waals surface area contributed by atoms with Crippen LogP contribution >= 0.6 is 0 Å². The van der Waals surface area contributed by atoms with Crippen LogP contribution in [0.1, 0.15) is 39.5 Å². The molecule has 0 aromatic heterocycles. The summed E-state index contributed by atoms with van der Waals surface area (Å²) in [6.45, 7) is -0.851. The molecule has 4 aliphatic rings. The van der Waals surface area contributed by atoms with Gasteiger partial charge in [-0.15, -0.1) is 0 Å². The summed E-state index contributed by atoms with van der Waals surface area (Å²) in [5.74, 6) is -1.70. The second kappa shape index (κ2) is 23.4. The van der Waals surface area contributed by atoms with Crippen molar-refractivity contribution in [1.29, 1.82) is 0 Å². The van der Waals surface area contributed by atoms with E-state index in [0.29, 0.717) is 19.3 Å². The molecule has 0 spiro atoms. The highest BCUT2D eigenvalue weighted by atomic mass is 16.8. The molecule has 60 heavy (non-hydrogen) atoms. The molecule has 2 amide bonds. The fourth-order valence-corrected chi connectivity index (χ4v) is 7.22. The third-order valence-corrected chi connectivity index (χ3v) is 10.5. The molecular weight excluding hydrogens is 816 g/mol. The van der Waals surface area contributed by atoms with Crippen molar-refractivity contribution in [1.82, 2.24) is 10.6 Å². The number of ether oxygens (including phenoxy) is 9. The van der Waals surface area contributed by atoms with Gasteiger partial charge in [-0.3, -0.25) is 14.4 Å². The molecule has 4 heterocycles. The second-order valence-electron chi connectivity index (χ2n) is 14.9. The topological polar surface area (TPSA) is 381 Å². The van der Waals surface area contributed by atoms with E-state index in [0.717, 1.165) is 13.8 Å². The first-order valence-electron chi connectivity index (χ1n) is 19.5. The second-order valence-corrected chi connectivity index (χ2v) is 14.9. The van der Waals surface area contributed by atoms with E-state index in [-0.39, 0.29) is 13.0 Å². The standard InChI is InChI=1S/C35H60N2O23/c1-13(41)36-20-25(47)22(44)15(9-38)55-32(20)54-12-18-24(46)31(21(37-14(2)42)33(58-18)53-8-6-4-5-7-19(43)52-3)60-35-29(51)27(49)30(17(11-40)57-35)59-34-28(50)26(48)23(45)16(10-39)56-34/h15-18,20-35,38-40,44-51H,4-12H2,1-3H3,(H,36,41)(H,37,42)/t15-,16-,17-,18-,20-,21-,22-,23+,24+,25-,26+,27-,28-,29-,30+,31-,32-,33+,34-,35+/m1/s1. The minimum atomic E-state index is -2.06. The van der Waals surface area contributed by atoms with Crippen molar-refractivity contribution < 1.29 is 113 Å². The Kier molecular flexibility index (Phi) is 19.6. The van der Waals surface area contributed by atoms with Gasteiger partial charge in [0.1, 0.15) is 97.5 Å². The highest BCUT2D eigenvalue weighted by Gasteiger charge is 2.55. The summed E-state index contributed by atoms with van der Waals surface area (Å²) in [5, 5.41) is 121. The van der Waals surface area contributed by atoms with Crippen LogP contribution in [0.4, 0.5) is 0 Å². The van der Waals surface area contributed by atoms with Crippen LogP contribution in [-0.4, -0.2) is 237 Å². The molecule has 0 aromatic carbocycles. The molecule has 0 saturated carbocycles. The Bertz CT molecular complexity index is 1350. The number of methoxy groups -OCH3 is 1. The Balaban J connectivity index is 1.57. The van der Waals surface area contributed by atoms with Crippen LogP contribution < -0.4 is 10.6 Å². The predicted octanol–water partition coefficient (Wildman–Crippen LogP) is -7.70. The lowest BCUT2D eigenvalue weighted by Gasteiger charge is -2.49. The lowest BCUT2D eigenvalue weighted by atomic mass is 9.94. The largest absolute Gasteiger partial charge is 0.469 e. The van der Waals surface area contributed by atoms with Crippen LogP contribution in [0.2, 0.25) is 0 Å². The molecule has 0 bridgehead atoms. The van der Waals surface area contributed by atoms with Gasteiger partial charge in [0, 0.05) is 26.9 Å². The fraction of sp³-hybridized carbons (Fsp3) is 0.914. The fourth-order valence-electron chi connectivity index (χ4n) is 7.22. The first-order valence-corrected chi connectivity index (χ1v) is 19.5. The average molecular weight is 877 g/mol. The molecule has 4 saturated heterocycles. The number of hydrogen-bond donors (Lipinski definition) is 13. The van der Waals surface area contributed by atoms with Crippen LogP contribution in [0.25, 0.3) is 0 Å². The minimum Gasteiger partial charge on any atom is -0.469 e. The van der Waals surface area contributed by atoms with Gasteiger partial charge in [0.05, 0.1) is 33.5 Å². The summed E-state index contributed by atoms with van der Waals surface area (Å²) < 4.78 is 51.0. The zero-order valence-electron chi connectivity index (χ0n) is 33.2. The van der Waals surface area contributed by atoms with Crippen LogP contribution in [0, 0.1) is 0 Å². The maximum atomic E-state index is 12.5. The van der Waals surface area contributed by atoms with Gasteiger partial charge in [-0.25, -0.2) is 0 Å². The van der Waals surface area contributed by atoms with E-state index in [2.05, 4.69) is 15.4 Å². The Hall–Kier alpha value is -2.35. The molecule has 4 rings (SSSR count). The van der Waals surface area contributed by atoms with E-state index in [9.17, 15) is 70.6 Å². The third kappa shape index (κ3) is 12.4. The summed E-state index contributed by atoms with van der Waals surface area (Å²) in [6.07, 6.45) is -29.1. The van der Waals surface area contributed by atoms with Crippen LogP contribution in [0.3, 0.4) is 0 Å². The molecule has 0 aromatic rings. The number of rotatable bonds is 19. The lowest BCUT2D eigenvalue weighted by Crippen LogP contribution is -2.69. The molecule has 20 atom stereocenters. The van der Waals surface area contributed by atoms with Gasteiger partial charge in [0.2, 0.25) is 11.8 Å². The van der Waals surface area contributed by atoms with Crippen LogP contribution in [0.5, 0.6) is 0 Å². The first-order chi connectivity index (χ1) is 28.5. The summed E-state index contributed by atoms with van der Waals surface area (Å²) in [6, 6.07) is -2.76. The van der Waals surface area contributed by atoms with Crippen molar-refractivity contribution in [3.8, 4) is 0 Å². The number of carbonyl (C=O) groups is 3. The Morgan fingerprint density at radius 1 is 0.517 bits per heavy atom. The Morgan fingerprint density at radius 2 is 1.02 bits per heavy atom. The van der Waals surface area contributed by atoms with Crippen molar-refractivity contribution in [2.24, 2.45) is 0 Å². The highest BCUT2D eigenvalue weighted by Crippen LogP contribution is 2.33. The van der Waals surface area contributed by atoms with Crippen LogP contribution in [-0.2, 0) is 57.0 Å². The van der Waals surface area contributed by atoms with Crippen molar-refractivity contribution in [2.75, 3.05) is 40.1 Å². The van der Waals surface area contributed by atoms with E-state index in [1.54, 1.807) is 0 Å². The molecule has 25 nitrogen and oxygen atoms in total. The Labute approximate surface area is 343 Å². The zero-order chi connectivity index (χ0) is 44.4. The molecule has 4 fully saturated rings. The maximum absolute atomic E-state index is 12.5. The molecule has 4 aliphatic heterocycles. The molecule has 0 unspecified atom stereocenters. The van der Waals surface area contributed by atoms with E-state index < -0.39 is 167 Å². The number of carbonyl (C=O) groups excluding carboxylic acids is 3. The minimum absolute atomic E-state index is 0.0260. The number of amides is 2. The number of unbranched alkanes of at least 4 members (excludes halogenated alkanes) is 2.